The lowest BCUT2D eigenvalue weighted by molar-refractivity contribution is -0.150. The van der Waals surface area contributed by atoms with Gasteiger partial charge in [-0.2, -0.15) is 39.5 Å². The number of nitrogens with one attached hydrogen (secondary N) is 1. The maximum atomic E-state index is 13.5. The number of hydrogen-bond acceptors (Lipinski definition) is 4. The molecule has 1 N–H and O–H groups in total. The van der Waals surface area contributed by atoms with E-state index in [4.69, 9.17) is 4.74 Å². The predicted octanol–water partition coefficient (Wildman–Crippen LogP) is 6.97. The molecule has 2 atom stereocenters. The molecule has 1 aliphatic rings. The largest absolute Gasteiger partial charge is 0.464 e. The summed E-state index contributed by atoms with van der Waals surface area (Å²) in [5.74, 6) is -0.785. The molecule has 214 valence electrons. The molecular formula is C25H23F9N2O3. The van der Waals surface area contributed by atoms with Crippen molar-refractivity contribution < 1.29 is 53.8 Å². The van der Waals surface area contributed by atoms with Crippen LogP contribution in [0, 0.1) is 0 Å². The van der Waals surface area contributed by atoms with Crippen molar-refractivity contribution in [2.24, 2.45) is 0 Å². The van der Waals surface area contributed by atoms with E-state index in [2.05, 4.69) is 5.32 Å². The topological polar surface area (TPSA) is 58.6 Å². The van der Waals surface area contributed by atoms with Crippen molar-refractivity contribution in [3.8, 4) is 0 Å². The van der Waals surface area contributed by atoms with Crippen LogP contribution in [0.15, 0.2) is 36.4 Å². The third-order valence-corrected chi connectivity index (χ3v) is 6.47. The molecule has 2 unspecified atom stereocenters. The van der Waals surface area contributed by atoms with Crippen LogP contribution in [-0.2, 0) is 39.4 Å². The highest BCUT2D eigenvalue weighted by atomic mass is 19.4. The Morgan fingerprint density at radius 3 is 1.97 bits per heavy atom. The van der Waals surface area contributed by atoms with Crippen LogP contribution in [0.25, 0.3) is 0 Å². The first-order valence-corrected chi connectivity index (χ1v) is 11.6. The zero-order valence-corrected chi connectivity index (χ0v) is 20.5. The highest BCUT2D eigenvalue weighted by molar-refractivity contribution is 5.86. The zero-order valence-electron chi connectivity index (χ0n) is 20.5. The van der Waals surface area contributed by atoms with E-state index in [0.29, 0.717) is 12.1 Å². The van der Waals surface area contributed by atoms with E-state index in [1.54, 1.807) is 6.92 Å². The fraction of sp³-hybridized carbons (Fsp3) is 0.440. The Bertz CT molecular complexity index is 1190. The minimum atomic E-state index is -5.15. The van der Waals surface area contributed by atoms with Gasteiger partial charge in [-0.25, -0.2) is 4.79 Å². The summed E-state index contributed by atoms with van der Waals surface area (Å²) < 4.78 is 126. The van der Waals surface area contributed by atoms with Gasteiger partial charge in [-0.1, -0.05) is 6.92 Å². The number of ether oxygens (including phenoxy) is 1. The Balaban J connectivity index is 2.16. The molecule has 0 spiro atoms. The smallest absolute Gasteiger partial charge is 0.416 e. The summed E-state index contributed by atoms with van der Waals surface area (Å²) in [5, 5.41) is 2.87. The van der Waals surface area contributed by atoms with Crippen LogP contribution in [0.1, 0.15) is 60.5 Å². The normalized spacial score (nSPS) is 19.6. The predicted molar refractivity (Wildman–Crippen MR) is 120 cm³/mol. The molecule has 0 bridgehead atoms. The average molecular weight is 570 g/mol. The van der Waals surface area contributed by atoms with Crippen LogP contribution >= 0.6 is 0 Å². The molecule has 2 aromatic carbocycles. The lowest BCUT2D eigenvalue weighted by Gasteiger charge is -2.44. The Labute approximate surface area is 216 Å². The van der Waals surface area contributed by atoms with Gasteiger partial charge in [0.2, 0.25) is 6.41 Å². The number of amides is 1. The van der Waals surface area contributed by atoms with E-state index < -0.39 is 64.9 Å². The Morgan fingerprint density at radius 2 is 1.51 bits per heavy atom. The Kier molecular flexibility index (Phi) is 8.19. The van der Waals surface area contributed by atoms with E-state index in [9.17, 15) is 49.1 Å². The van der Waals surface area contributed by atoms with Crippen LogP contribution in [0.3, 0.4) is 0 Å². The average Bonchev–Trinajstić information content (AvgIpc) is 2.84. The monoisotopic (exact) mass is 570 g/mol. The minimum absolute atomic E-state index is 0.0287. The third kappa shape index (κ3) is 6.41. The fourth-order valence-corrected chi connectivity index (χ4v) is 4.50. The molecule has 1 aliphatic heterocycles. The molecule has 0 saturated carbocycles. The molecule has 0 aromatic heterocycles. The maximum absolute atomic E-state index is 13.5. The fourth-order valence-electron chi connectivity index (χ4n) is 4.50. The van der Waals surface area contributed by atoms with Crippen molar-refractivity contribution in [1.82, 2.24) is 4.90 Å². The molecule has 1 heterocycles. The number of halogens is 9. The number of anilines is 1. The summed E-state index contributed by atoms with van der Waals surface area (Å²) in [6, 6.07) is 1.95. The number of carbonyl (C=O) groups is 2. The van der Waals surface area contributed by atoms with Crippen LogP contribution in [0.4, 0.5) is 45.2 Å². The summed E-state index contributed by atoms with van der Waals surface area (Å²) in [4.78, 5) is 25.8. The summed E-state index contributed by atoms with van der Waals surface area (Å²) in [6.07, 6.45) is -15.3. The summed E-state index contributed by atoms with van der Waals surface area (Å²) in [7, 11) is 0. The lowest BCUT2D eigenvalue weighted by atomic mass is 9.79. The van der Waals surface area contributed by atoms with Gasteiger partial charge in [-0.3, -0.25) is 4.79 Å². The molecule has 0 aliphatic carbocycles. The van der Waals surface area contributed by atoms with Gasteiger partial charge in [0.1, 0.15) is 5.54 Å². The molecule has 0 fully saturated rings. The molecular weight excluding hydrogens is 547 g/mol. The molecule has 2 aromatic rings. The molecule has 0 saturated heterocycles. The van der Waals surface area contributed by atoms with Crippen LogP contribution in [-0.4, -0.2) is 29.4 Å². The highest BCUT2D eigenvalue weighted by Crippen LogP contribution is 2.45. The van der Waals surface area contributed by atoms with E-state index in [0.717, 1.165) is 23.1 Å². The Morgan fingerprint density at radius 1 is 0.949 bits per heavy atom. The van der Waals surface area contributed by atoms with Gasteiger partial charge < -0.3 is 15.0 Å². The Hall–Kier alpha value is -3.45. The van der Waals surface area contributed by atoms with E-state index in [-0.39, 0.29) is 43.2 Å². The van der Waals surface area contributed by atoms with Crippen molar-refractivity contribution >= 4 is 18.1 Å². The number of alkyl halides is 9. The third-order valence-electron chi connectivity index (χ3n) is 6.47. The summed E-state index contributed by atoms with van der Waals surface area (Å²) in [5.41, 5.74) is -6.52. The second-order valence-electron chi connectivity index (χ2n) is 8.99. The quantitative estimate of drug-likeness (QED) is 0.222. The molecule has 3 rings (SSSR count). The minimum Gasteiger partial charge on any atom is -0.464 e. The standard InChI is InChI=1S/C25H23F9N2O3/c1-3-22(21(38)39-4-2)11-20(18-10-15(23(26,27)28)5-6-19(18)35-22)36(13-37)12-14-7-16(24(29,30)31)9-17(8-14)25(32,33)34/h5-10,13,20,35H,3-4,11-12H2,1-2H3. The maximum Gasteiger partial charge on any atom is 0.416 e. The first kappa shape index (κ1) is 30.1. The van der Waals surface area contributed by atoms with Gasteiger partial charge in [-0.05, 0) is 60.9 Å². The first-order chi connectivity index (χ1) is 17.9. The number of carbonyl (C=O) groups excluding carboxylic acids is 2. The van der Waals surface area contributed by atoms with Gasteiger partial charge in [0.05, 0.1) is 29.3 Å². The molecule has 14 heteroatoms. The number of benzene rings is 2. The number of esters is 1. The lowest BCUT2D eigenvalue weighted by Crippen LogP contribution is -2.52. The molecule has 39 heavy (non-hydrogen) atoms. The molecule has 1 amide bonds. The summed E-state index contributed by atoms with van der Waals surface area (Å²) >= 11 is 0. The number of rotatable bonds is 7. The van der Waals surface area contributed by atoms with Crippen molar-refractivity contribution in [1.29, 1.82) is 0 Å². The van der Waals surface area contributed by atoms with Gasteiger partial charge in [-0.15, -0.1) is 0 Å². The van der Waals surface area contributed by atoms with E-state index in [1.165, 1.54) is 6.92 Å². The van der Waals surface area contributed by atoms with Gasteiger partial charge in [0.25, 0.3) is 0 Å². The van der Waals surface area contributed by atoms with Gasteiger partial charge in [0.15, 0.2) is 0 Å². The number of fused-ring (bicyclic) bond motifs is 1. The van der Waals surface area contributed by atoms with Crippen molar-refractivity contribution in [3.63, 3.8) is 0 Å². The number of hydrogen-bond donors (Lipinski definition) is 1. The molecule has 0 radical (unpaired) electrons. The summed E-state index contributed by atoms with van der Waals surface area (Å²) in [6.45, 7) is 2.23. The number of nitrogens with zero attached hydrogens (tertiary/aromatic N) is 1. The highest BCUT2D eigenvalue weighted by Gasteiger charge is 2.47. The van der Waals surface area contributed by atoms with E-state index in [1.807, 2.05) is 0 Å². The first-order valence-electron chi connectivity index (χ1n) is 11.6. The SMILES string of the molecule is CCOC(=O)C1(CC)CC(N(C=O)Cc2cc(C(F)(F)F)cc(C(F)(F)F)c2)c2cc(C(F)(F)F)ccc2N1. The van der Waals surface area contributed by atoms with Crippen LogP contribution in [0.2, 0.25) is 0 Å². The molecule has 5 nitrogen and oxygen atoms in total. The van der Waals surface area contributed by atoms with E-state index >= 15 is 0 Å². The second kappa shape index (κ2) is 10.6. The van der Waals surface area contributed by atoms with Crippen molar-refractivity contribution in [2.75, 3.05) is 11.9 Å². The van der Waals surface area contributed by atoms with Crippen LogP contribution < -0.4 is 5.32 Å². The zero-order chi connectivity index (χ0) is 29.4. The van der Waals surface area contributed by atoms with Gasteiger partial charge >= 0.3 is 24.5 Å². The second-order valence-corrected chi connectivity index (χ2v) is 8.99. The van der Waals surface area contributed by atoms with Gasteiger partial charge in [0, 0.05) is 18.7 Å². The van der Waals surface area contributed by atoms with Crippen LogP contribution in [0.5, 0.6) is 0 Å². The van der Waals surface area contributed by atoms with Crippen molar-refractivity contribution in [2.45, 2.75) is 63.3 Å². The van der Waals surface area contributed by atoms with Crippen molar-refractivity contribution in [3.05, 3.63) is 64.2 Å².